The molecule has 1 aliphatic rings. The molecule has 0 bridgehead atoms. The molecule has 4 heteroatoms. The summed E-state index contributed by atoms with van der Waals surface area (Å²) in [7, 11) is 0. The Hall–Kier alpha value is -3.14. The highest BCUT2D eigenvalue weighted by molar-refractivity contribution is 5.98. The van der Waals surface area contributed by atoms with Crippen LogP contribution in [0.2, 0.25) is 0 Å². The van der Waals surface area contributed by atoms with E-state index in [1.165, 1.54) is 12.1 Å². The van der Waals surface area contributed by atoms with Crippen molar-refractivity contribution in [3.8, 4) is 0 Å². The van der Waals surface area contributed by atoms with Crippen molar-refractivity contribution in [1.29, 1.82) is 0 Å². The lowest BCUT2D eigenvalue weighted by molar-refractivity contribution is 0.0969. The number of benzene rings is 1. The molecular weight excluding hydrogens is 290 g/mol. The second kappa shape index (κ2) is 6.32. The molecule has 0 spiro atoms. The quantitative estimate of drug-likeness (QED) is 0.946. The van der Waals surface area contributed by atoms with Gasteiger partial charge in [-0.05, 0) is 34.8 Å². The molecule has 0 saturated carbocycles. The molecule has 0 fully saturated rings. The van der Waals surface area contributed by atoms with Gasteiger partial charge in [0, 0.05) is 6.07 Å². The number of carbonyl (C=O) groups is 1. The maximum absolute atomic E-state index is 11.8. The number of primary amides is 1. The second-order valence-electron chi connectivity index (χ2n) is 5.14. The van der Waals surface area contributed by atoms with Crippen molar-refractivity contribution in [2.45, 2.75) is 6.42 Å². The Morgan fingerprint density at radius 2 is 1.83 bits per heavy atom. The average molecular weight is 305 g/mol. The largest absolute Gasteiger partial charge is 0.417 e. The molecule has 0 aliphatic heterocycles. The summed E-state index contributed by atoms with van der Waals surface area (Å²) in [5.41, 5.74) is 8.26. The van der Waals surface area contributed by atoms with E-state index < -0.39 is 11.5 Å². The van der Waals surface area contributed by atoms with E-state index in [0.717, 1.165) is 23.1 Å². The van der Waals surface area contributed by atoms with Crippen LogP contribution in [0.3, 0.4) is 0 Å². The third-order valence-electron chi connectivity index (χ3n) is 3.60. The van der Waals surface area contributed by atoms with E-state index in [1.807, 2.05) is 54.6 Å². The van der Waals surface area contributed by atoms with Crippen molar-refractivity contribution in [1.82, 2.24) is 0 Å². The summed E-state index contributed by atoms with van der Waals surface area (Å²) in [6.07, 6.45) is 8.55. The third-order valence-corrected chi connectivity index (χ3v) is 3.60. The van der Waals surface area contributed by atoms with Crippen molar-refractivity contribution in [3.63, 3.8) is 0 Å². The molecule has 0 unspecified atom stereocenters. The monoisotopic (exact) mass is 305 g/mol. The highest BCUT2D eigenvalue weighted by Gasteiger charge is 2.14. The van der Waals surface area contributed by atoms with E-state index in [1.54, 1.807) is 0 Å². The average Bonchev–Trinajstić information content (AvgIpc) is 2.81. The summed E-state index contributed by atoms with van der Waals surface area (Å²) in [6, 6.07) is 12.8. The minimum absolute atomic E-state index is 0.141. The maximum atomic E-state index is 11.8. The predicted molar refractivity (Wildman–Crippen MR) is 89.6 cm³/mol. The number of rotatable bonds is 3. The van der Waals surface area contributed by atoms with Gasteiger partial charge in [-0.2, -0.15) is 0 Å². The minimum Gasteiger partial charge on any atom is -0.417 e. The first-order valence-electron chi connectivity index (χ1n) is 7.22. The zero-order valence-corrected chi connectivity index (χ0v) is 12.4. The first-order chi connectivity index (χ1) is 11.1. The Kier molecular flexibility index (Phi) is 4.06. The molecule has 23 heavy (non-hydrogen) atoms. The second-order valence-corrected chi connectivity index (χ2v) is 5.14. The van der Waals surface area contributed by atoms with Gasteiger partial charge in [0.05, 0.1) is 0 Å². The third kappa shape index (κ3) is 3.21. The van der Waals surface area contributed by atoms with Gasteiger partial charge in [-0.3, -0.25) is 4.79 Å². The van der Waals surface area contributed by atoms with Gasteiger partial charge in [0.25, 0.3) is 5.91 Å². The van der Waals surface area contributed by atoms with Gasteiger partial charge in [0.1, 0.15) is 0 Å². The lowest BCUT2D eigenvalue weighted by atomic mass is 9.93. The van der Waals surface area contributed by atoms with Crippen molar-refractivity contribution in [3.05, 3.63) is 94.1 Å². The molecule has 114 valence electrons. The summed E-state index contributed by atoms with van der Waals surface area (Å²) >= 11 is 0. The lowest BCUT2D eigenvalue weighted by Gasteiger charge is -2.12. The fourth-order valence-electron chi connectivity index (χ4n) is 2.56. The van der Waals surface area contributed by atoms with Gasteiger partial charge in [0.2, 0.25) is 0 Å². The number of hydrogen-bond acceptors (Lipinski definition) is 3. The van der Waals surface area contributed by atoms with Gasteiger partial charge in [-0.25, -0.2) is 4.79 Å². The Morgan fingerprint density at radius 3 is 2.57 bits per heavy atom. The molecular formula is C19H15NO3. The molecule has 4 nitrogen and oxygen atoms in total. The molecule has 0 radical (unpaired) electrons. The molecule has 1 aromatic heterocycles. The van der Waals surface area contributed by atoms with Crippen LogP contribution in [-0.4, -0.2) is 5.91 Å². The molecule has 0 saturated heterocycles. The summed E-state index contributed by atoms with van der Waals surface area (Å²) in [4.78, 5) is 23.1. The van der Waals surface area contributed by atoms with Crippen LogP contribution in [0, 0.1) is 0 Å². The number of allylic oxidation sites excluding steroid dienone is 6. The van der Waals surface area contributed by atoms with Crippen molar-refractivity contribution in [2.75, 3.05) is 0 Å². The molecule has 2 N–H and O–H groups in total. The van der Waals surface area contributed by atoms with Crippen LogP contribution < -0.4 is 11.4 Å². The number of nitrogens with two attached hydrogens (primary N) is 1. The Labute approximate surface area is 133 Å². The van der Waals surface area contributed by atoms with Crippen LogP contribution in [0.4, 0.5) is 0 Å². The molecule has 1 aliphatic carbocycles. The van der Waals surface area contributed by atoms with E-state index in [2.05, 4.69) is 0 Å². The van der Waals surface area contributed by atoms with E-state index in [9.17, 15) is 9.59 Å². The van der Waals surface area contributed by atoms with Gasteiger partial charge < -0.3 is 10.2 Å². The first kappa shape index (κ1) is 14.8. The van der Waals surface area contributed by atoms with Gasteiger partial charge in [0.15, 0.2) is 5.76 Å². The summed E-state index contributed by atoms with van der Waals surface area (Å²) in [5, 5.41) is 0. The molecule has 2 aromatic rings. The zero-order valence-electron chi connectivity index (χ0n) is 12.4. The van der Waals surface area contributed by atoms with Crippen LogP contribution in [0.1, 0.15) is 28.1 Å². The van der Waals surface area contributed by atoms with Crippen LogP contribution in [0.5, 0.6) is 0 Å². The topological polar surface area (TPSA) is 73.3 Å². The van der Waals surface area contributed by atoms with Crippen molar-refractivity contribution < 1.29 is 9.21 Å². The minimum atomic E-state index is -0.762. The summed E-state index contributed by atoms with van der Waals surface area (Å²) in [5.74, 6) is -0.903. The normalized spacial score (nSPS) is 13.9. The summed E-state index contributed by atoms with van der Waals surface area (Å²) in [6.45, 7) is 0. The standard InChI is InChI=1S/C19H15NO3/c20-19(22)17-11-14(12-18(21)23-17)16-10-6-2-5-9-15(16)13-7-3-1-4-8-13/h1-8,10-12H,9H2,(H2,20,22). The highest BCUT2D eigenvalue weighted by atomic mass is 16.4. The number of hydrogen-bond donors (Lipinski definition) is 1. The van der Waals surface area contributed by atoms with Crippen molar-refractivity contribution >= 4 is 17.1 Å². The van der Waals surface area contributed by atoms with Crippen LogP contribution in [0.15, 0.2) is 76.0 Å². The molecule has 1 amide bonds. The summed E-state index contributed by atoms with van der Waals surface area (Å²) < 4.78 is 4.85. The molecule has 0 atom stereocenters. The molecule has 3 rings (SSSR count). The van der Waals surface area contributed by atoms with Crippen LogP contribution >= 0.6 is 0 Å². The lowest BCUT2D eigenvalue weighted by Crippen LogP contribution is -2.14. The molecule has 1 heterocycles. The maximum Gasteiger partial charge on any atom is 0.336 e. The molecule has 1 aromatic carbocycles. The smallest absolute Gasteiger partial charge is 0.336 e. The predicted octanol–water partition coefficient (Wildman–Crippen LogP) is 3.17. The zero-order chi connectivity index (χ0) is 16.2. The van der Waals surface area contributed by atoms with Crippen LogP contribution in [0.25, 0.3) is 11.1 Å². The van der Waals surface area contributed by atoms with Gasteiger partial charge in [-0.1, -0.05) is 54.6 Å². The highest BCUT2D eigenvalue weighted by Crippen LogP contribution is 2.31. The van der Waals surface area contributed by atoms with E-state index in [-0.39, 0.29) is 5.76 Å². The van der Waals surface area contributed by atoms with E-state index in [0.29, 0.717) is 5.56 Å². The SMILES string of the molecule is NC(=O)c1cc(C2=C(c3ccccc3)CC=CC=C2)cc(=O)o1. The van der Waals surface area contributed by atoms with Gasteiger partial charge >= 0.3 is 5.63 Å². The Morgan fingerprint density at radius 1 is 1.04 bits per heavy atom. The van der Waals surface area contributed by atoms with Crippen LogP contribution in [-0.2, 0) is 0 Å². The first-order valence-corrected chi connectivity index (χ1v) is 7.22. The van der Waals surface area contributed by atoms with E-state index in [4.69, 9.17) is 10.2 Å². The number of carbonyl (C=O) groups excluding carboxylic acids is 1. The van der Waals surface area contributed by atoms with E-state index >= 15 is 0 Å². The van der Waals surface area contributed by atoms with Crippen molar-refractivity contribution in [2.24, 2.45) is 5.73 Å². The Bertz CT molecular complexity index is 886. The van der Waals surface area contributed by atoms with Gasteiger partial charge in [-0.15, -0.1) is 0 Å². The number of amides is 1. The fourth-order valence-corrected chi connectivity index (χ4v) is 2.56. The Balaban J connectivity index is 2.23. The fraction of sp³-hybridized carbons (Fsp3) is 0.0526.